The summed E-state index contributed by atoms with van der Waals surface area (Å²) in [6, 6.07) is 9.39. The molecule has 1 aliphatic heterocycles. The van der Waals surface area contributed by atoms with E-state index in [1.807, 2.05) is 37.3 Å². The van der Waals surface area contributed by atoms with Crippen LogP contribution in [0.25, 0.3) is 0 Å². The molecule has 138 valence electrons. The lowest BCUT2D eigenvalue weighted by atomic mass is 10.0. The van der Waals surface area contributed by atoms with Gasteiger partial charge >= 0.3 is 5.97 Å². The summed E-state index contributed by atoms with van der Waals surface area (Å²) in [6.07, 6.45) is 6.71. The van der Waals surface area contributed by atoms with Crippen molar-refractivity contribution in [3.63, 3.8) is 0 Å². The first-order valence-corrected chi connectivity index (χ1v) is 9.54. The molecule has 1 aliphatic carbocycles. The summed E-state index contributed by atoms with van der Waals surface area (Å²) >= 11 is 0. The van der Waals surface area contributed by atoms with Crippen molar-refractivity contribution in [2.24, 2.45) is 0 Å². The fourth-order valence-corrected chi connectivity index (χ4v) is 3.74. The lowest BCUT2D eigenvalue weighted by Crippen LogP contribution is -2.65. The van der Waals surface area contributed by atoms with Gasteiger partial charge in [-0.1, -0.05) is 31.0 Å². The highest BCUT2D eigenvalue weighted by atomic mass is 16.6. The minimum absolute atomic E-state index is 0.0728. The zero-order chi connectivity index (χ0) is 17.6. The Labute approximate surface area is 149 Å². The Kier molecular flexibility index (Phi) is 6.32. The van der Waals surface area contributed by atoms with Crippen LogP contribution in [-0.2, 0) is 14.3 Å². The number of ether oxygens (including phenoxy) is 3. The van der Waals surface area contributed by atoms with Gasteiger partial charge in [-0.15, -0.1) is 0 Å². The third-order valence-corrected chi connectivity index (χ3v) is 5.19. The molecule has 2 fully saturated rings. The number of hydrogen-bond donors (Lipinski definition) is 1. The van der Waals surface area contributed by atoms with Crippen LogP contribution >= 0.6 is 0 Å². The zero-order valence-electron chi connectivity index (χ0n) is 15.1. The van der Waals surface area contributed by atoms with Gasteiger partial charge in [0.25, 0.3) is 0 Å². The maximum atomic E-state index is 12.2. The molecule has 5 heteroatoms. The maximum absolute atomic E-state index is 12.2. The van der Waals surface area contributed by atoms with E-state index in [1.54, 1.807) is 0 Å². The summed E-state index contributed by atoms with van der Waals surface area (Å²) in [7, 11) is 0. The number of esters is 1. The van der Waals surface area contributed by atoms with Crippen LogP contribution in [0.1, 0.15) is 51.9 Å². The monoisotopic (exact) mass is 348 g/mol. The molecule has 3 rings (SSSR count). The highest BCUT2D eigenvalue weighted by Gasteiger charge is 2.37. The standard InChI is InChI=1S/C20H29NO4/c1-14-19(25-16-8-3-2-4-9-16)18(24-15-10-5-6-11-15)13-7-12-17(21)20(22)23-14/h2-4,8-9,14-15,17-19H,5-7,10-13,21H2,1H3/p+1/t14-,17-,18-,19-/m0/s1. The van der Waals surface area contributed by atoms with Crippen LogP contribution in [0.5, 0.6) is 5.75 Å². The Hall–Kier alpha value is -1.59. The highest BCUT2D eigenvalue weighted by Crippen LogP contribution is 2.28. The van der Waals surface area contributed by atoms with Gasteiger partial charge in [-0.05, 0) is 44.7 Å². The predicted molar refractivity (Wildman–Crippen MR) is 94.1 cm³/mol. The number of carbonyl (C=O) groups excluding carboxylic acids is 1. The Morgan fingerprint density at radius 2 is 1.76 bits per heavy atom. The van der Waals surface area contributed by atoms with Gasteiger partial charge < -0.3 is 19.9 Å². The van der Waals surface area contributed by atoms with Crippen LogP contribution in [0.15, 0.2) is 30.3 Å². The normalized spacial score (nSPS) is 31.7. The SMILES string of the molecule is C[C@@H]1OC(=O)[C@@H]([NH3+])CCC[C@H](OC2CCCC2)[C@H]1Oc1ccccc1. The molecule has 1 saturated heterocycles. The van der Waals surface area contributed by atoms with E-state index in [1.165, 1.54) is 12.8 Å². The first kappa shape index (κ1) is 18.2. The van der Waals surface area contributed by atoms with Gasteiger partial charge in [-0.2, -0.15) is 0 Å². The van der Waals surface area contributed by atoms with E-state index in [-0.39, 0.29) is 30.3 Å². The van der Waals surface area contributed by atoms with E-state index >= 15 is 0 Å². The third-order valence-electron chi connectivity index (χ3n) is 5.19. The highest BCUT2D eigenvalue weighted by molar-refractivity contribution is 5.74. The van der Waals surface area contributed by atoms with Crippen LogP contribution in [0.3, 0.4) is 0 Å². The predicted octanol–water partition coefficient (Wildman–Crippen LogP) is 2.49. The molecule has 0 spiro atoms. The number of benzene rings is 1. The molecule has 1 saturated carbocycles. The number of rotatable bonds is 4. The first-order valence-electron chi connectivity index (χ1n) is 9.54. The van der Waals surface area contributed by atoms with E-state index in [0.29, 0.717) is 6.10 Å². The Bertz CT molecular complexity index is 544. The van der Waals surface area contributed by atoms with Gasteiger partial charge in [0.1, 0.15) is 11.9 Å². The number of carbonyl (C=O) groups is 1. The van der Waals surface area contributed by atoms with Gasteiger partial charge in [0.15, 0.2) is 12.1 Å². The van der Waals surface area contributed by atoms with Crippen molar-refractivity contribution in [3.05, 3.63) is 30.3 Å². The van der Waals surface area contributed by atoms with Gasteiger partial charge in [0.2, 0.25) is 0 Å². The van der Waals surface area contributed by atoms with Gasteiger partial charge in [0, 0.05) is 6.42 Å². The molecule has 3 N–H and O–H groups in total. The van der Waals surface area contributed by atoms with E-state index in [0.717, 1.165) is 37.9 Å². The summed E-state index contributed by atoms with van der Waals surface area (Å²) < 4.78 is 18.3. The van der Waals surface area contributed by atoms with E-state index in [4.69, 9.17) is 14.2 Å². The number of quaternary nitrogens is 1. The van der Waals surface area contributed by atoms with Crippen molar-refractivity contribution in [2.45, 2.75) is 82.3 Å². The second-order valence-electron chi connectivity index (χ2n) is 7.25. The largest absolute Gasteiger partial charge is 0.484 e. The van der Waals surface area contributed by atoms with Crippen LogP contribution < -0.4 is 10.5 Å². The molecule has 0 amide bonds. The molecule has 0 bridgehead atoms. The molecule has 4 atom stereocenters. The molecule has 25 heavy (non-hydrogen) atoms. The summed E-state index contributed by atoms with van der Waals surface area (Å²) in [5.41, 5.74) is 3.94. The van der Waals surface area contributed by atoms with Crippen molar-refractivity contribution in [2.75, 3.05) is 0 Å². The Balaban J connectivity index is 1.78. The van der Waals surface area contributed by atoms with E-state index < -0.39 is 0 Å². The molecule has 1 heterocycles. The molecular weight excluding hydrogens is 318 g/mol. The summed E-state index contributed by atoms with van der Waals surface area (Å²) in [5, 5.41) is 0. The molecule has 5 nitrogen and oxygen atoms in total. The number of para-hydroxylation sites is 1. The summed E-state index contributed by atoms with van der Waals surface area (Å²) in [6.45, 7) is 1.90. The summed E-state index contributed by atoms with van der Waals surface area (Å²) in [4.78, 5) is 12.2. The Morgan fingerprint density at radius 3 is 2.48 bits per heavy atom. The molecule has 1 aromatic rings. The first-order chi connectivity index (χ1) is 12.1. The molecule has 0 aromatic heterocycles. The second kappa shape index (κ2) is 8.68. The smallest absolute Gasteiger partial charge is 0.365 e. The average Bonchev–Trinajstić information content (AvgIpc) is 3.12. The minimum Gasteiger partial charge on any atom is -0.484 e. The van der Waals surface area contributed by atoms with Crippen molar-refractivity contribution in [1.29, 1.82) is 0 Å². The van der Waals surface area contributed by atoms with Crippen molar-refractivity contribution < 1.29 is 24.7 Å². The maximum Gasteiger partial charge on any atom is 0.365 e. The van der Waals surface area contributed by atoms with Crippen molar-refractivity contribution in [1.82, 2.24) is 0 Å². The van der Waals surface area contributed by atoms with Crippen molar-refractivity contribution in [3.8, 4) is 5.75 Å². The second-order valence-corrected chi connectivity index (χ2v) is 7.25. The third kappa shape index (κ3) is 4.95. The quantitative estimate of drug-likeness (QED) is 0.849. The molecule has 2 aliphatic rings. The molecule has 0 unspecified atom stereocenters. The summed E-state index contributed by atoms with van der Waals surface area (Å²) in [5.74, 6) is 0.538. The van der Waals surface area contributed by atoms with Crippen LogP contribution in [0, 0.1) is 0 Å². The Morgan fingerprint density at radius 1 is 1.04 bits per heavy atom. The zero-order valence-corrected chi connectivity index (χ0v) is 15.1. The number of hydrogen-bond acceptors (Lipinski definition) is 4. The van der Waals surface area contributed by atoms with Crippen LogP contribution in [0.2, 0.25) is 0 Å². The molecule has 1 aromatic carbocycles. The minimum atomic E-state index is -0.374. The fourth-order valence-electron chi connectivity index (χ4n) is 3.74. The lowest BCUT2D eigenvalue weighted by molar-refractivity contribution is -0.410. The van der Waals surface area contributed by atoms with E-state index in [9.17, 15) is 4.79 Å². The fraction of sp³-hybridized carbons (Fsp3) is 0.650. The van der Waals surface area contributed by atoms with E-state index in [2.05, 4.69) is 5.73 Å². The van der Waals surface area contributed by atoms with Gasteiger partial charge in [-0.25, -0.2) is 4.79 Å². The number of cyclic esters (lactones) is 1. The topological polar surface area (TPSA) is 72.4 Å². The van der Waals surface area contributed by atoms with Crippen molar-refractivity contribution >= 4 is 5.97 Å². The lowest BCUT2D eigenvalue weighted by Gasteiger charge is -2.33. The molecule has 0 radical (unpaired) electrons. The van der Waals surface area contributed by atoms with Gasteiger partial charge in [-0.3, -0.25) is 0 Å². The van der Waals surface area contributed by atoms with Crippen LogP contribution in [0.4, 0.5) is 0 Å². The van der Waals surface area contributed by atoms with Crippen LogP contribution in [-0.4, -0.2) is 36.4 Å². The van der Waals surface area contributed by atoms with Gasteiger partial charge in [0.05, 0.1) is 12.2 Å². The molecular formula is C20H30NO4+. The average molecular weight is 348 g/mol.